The van der Waals surface area contributed by atoms with Gasteiger partial charge in [0.1, 0.15) is 5.75 Å². The molecule has 0 amide bonds. The van der Waals surface area contributed by atoms with Crippen molar-refractivity contribution in [3.8, 4) is 5.75 Å². The van der Waals surface area contributed by atoms with E-state index in [4.69, 9.17) is 9.57 Å². The number of nitrogens with zero attached hydrogens (tertiary/aromatic N) is 1. The fraction of sp³-hybridized carbons (Fsp3) is 0.385. The third-order valence-electron chi connectivity index (χ3n) is 2.82. The van der Waals surface area contributed by atoms with Crippen molar-refractivity contribution >= 4 is 11.7 Å². The van der Waals surface area contributed by atoms with Crippen LogP contribution in [0.15, 0.2) is 29.4 Å². The lowest BCUT2D eigenvalue weighted by Crippen LogP contribution is -2.32. The summed E-state index contributed by atoms with van der Waals surface area (Å²) in [7, 11) is 1.62. The minimum absolute atomic E-state index is 0.283. The molecule has 4 nitrogen and oxygen atoms in total. The van der Waals surface area contributed by atoms with E-state index in [-0.39, 0.29) is 5.97 Å². The van der Waals surface area contributed by atoms with Gasteiger partial charge in [0.2, 0.25) is 0 Å². The molecular formula is C13H15NO3. The van der Waals surface area contributed by atoms with Crippen LogP contribution in [0.2, 0.25) is 0 Å². The quantitative estimate of drug-likeness (QED) is 0.737. The van der Waals surface area contributed by atoms with Crippen molar-refractivity contribution in [1.82, 2.24) is 0 Å². The molecule has 1 heterocycles. The molecule has 0 aliphatic carbocycles. The molecule has 0 radical (unpaired) electrons. The summed E-state index contributed by atoms with van der Waals surface area (Å²) in [4.78, 5) is 16.3. The maximum absolute atomic E-state index is 11.4. The first-order valence-electron chi connectivity index (χ1n) is 5.46. The molecule has 0 saturated heterocycles. The van der Waals surface area contributed by atoms with E-state index in [2.05, 4.69) is 5.16 Å². The van der Waals surface area contributed by atoms with Crippen molar-refractivity contribution in [2.75, 3.05) is 7.11 Å². The van der Waals surface area contributed by atoms with Gasteiger partial charge in [-0.25, -0.2) is 4.79 Å². The van der Waals surface area contributed by atoms with Crippen molar-refractivity contribution in [1.29, 1.82) is 0 Å². The smallest absolute Gasteiger partial charge is 0.340 e. The van der Waals surface area contributed by atoms with Gasteiger partial charge in [0.15, 0.2) is 0 Å². The van der Waals surface area contributed by atoms with Gasteiger partial charge in [0.25, 0.3) is 0 Å². The number of methoxy groups -OCH3 is 1. The highest BCUT2D eigenvalue weighted by Gasteiger charge is 2.35. The molecule has 0 unspecified atom stereocenters. The lowest BCUT2D eigenvalue weighted by molar-refractivity contribution is -0.155. The van der Waals surface area contributed by atoms with Crippen LogP contribution >= 0.6 is 0 Å². The summed E-state index contributed by atoms with van der Waals surface area (Å²) < 4.78 is 5.09. The first-order chi connectivity index (χ1) is 8.03. The molecule has 0 saturated carbocycles. The molecule has 0 fully saturated rings. The van der Waals surface area contributed by atoms with Gasteiger partial charge in [-0.2, -0.15) is 0 Å². The number of rotatable bonds is 2. The second-order valence-corrected chi connectivity index (χ2v) is 4.71. The Labute approximate surface area is 100 Å². The summed E-state index contributed by atoms with van der Waals surface area (Å²) in [6.45, 7) is 3.71. The maximum atomic E-state index is 11.4. The number of benzene rings is 1. The van der Waals surface area contributed by atoms with Crippen molar-refractivity contribution in [3.63, 3.8) is 0 Å². The third-order valence-corrected chi connectivity index (χ3v) is 2.82. The van der Waals surface area contributed by atoms with Gasteiger partial charge in [-0.1, -0.05) is 5.16 Å². The highest BCUT2D eigenvalue weighted by Crippen LogP contribution is 2.29. The van der Waals surface area contributed by atoms with Crippen LogP contribution in [0.25, 0.3) is 0 Å². The molecule has 1 aromatic carbocycles. The molecule has 2 rings (SSSR count). The second-order valence-electron chi connectivity index (χ2n) is 4.71. The van der Waals surface area contributed by atoms with E-state index in [0.717, 1.165) is 17.0 Å². The van der Waals surface area contributed by atoms with Gasteiger partial charge in [-0.15, -0.1) is 0 Å². The normalized spacial score (nSPS) is 18.3. The molecule has 4 heteroatoms. The van der Waals surface area contributed by atoms with Crippen molar-refractivity contribution < 1.29 is 14.4 Å². The average molecular weight is 233 g/mol. The Morgan fingerprint density at radius 2 is 1.94 bits per heavy atom. The maximum Gasteiger partial charge on any atom is 0.340 e. The lowest BCUT2D eigenvalue weighted by Gasteiger charge is -2.25. The predicted molar refractivity (Wildman–Crippen MR) is 64.0 cm³/mol. The fourth-order valence-corrected chi connectivity index (χ4v) is 1.68. The van der Waals surface area contributed by atoms with E-state index in [9.17, 15) is 4.79 Å². The molecule has 0 atom stereocenters. The Balaban J connectivity index is 2.26. The van der Waals surface area contributed by atoms with Crippen molar-refractivity contribution in [2.24, 2.45) is 10.6 Å². The average Bonchev–Trinajstić information content (AvgIpc) is 2.33. The number of ether oxygens (including phenoxy) is 1. The Morgan fingerprint density at radius 1 is 1.29 bits per heavy atom. The molecule has 1 aromatic rings. The minimum Gasteiger partial charge on any atom is -0.497 e. The van der Waals surface area contributed by atoms with Crippen LogP contribution in [0.4, 0.5) is 0 Å². The van der Waals surface area contributed by atoms with Gasteiger partial charge in [-0.3, -0.25) is 0 Å². The molecular weight excluding hydrogens is 218 g/mol. The summed E-state index contributed by atoms with van der Waals surface area (Å²) in [6.07, 6.45) is 0.582. The molecule has 0 aromatic heterocycles. The first kappa shape index (κ1) is 11.6. The molecule has 90 valence electrons. The molecule has 1 aliphatic rings. The van der Waals surface area contributed by atoms with E-state index in [1.165, 1.54) is 0 Å². The number of carbonyl (C=O) groups is 1. The molecule has 0 bridgehead atoms. The summed E-state index contributed by atoms with van der Waals surface area (Å²) >= 11 is 0. The largest absolute Gasteiger partial charge is 0.497 e. The zero-order chi connectivity index (χ0) is 12.5. The Morgan fingerprint density at radius 3 is 2.47 bits per heavy atom. The van der Waals surface area contributed by atoms with Gasteiger partial charge in [0, 0.05) is 6.42 Å². The topological polar surface area (TPSA) is 47.9 Å². The summed E-state index contributed by atoms with van der Waals surface area (Å²) in [5.74, 6) is 0.510. The lowest BCUT2D eigenvalue weighted by atomic mass is 9.84. The highest BCUT2D eigenvalue weighted by molar-refractivity contribution is 6.04. The SMILES string of the molecule is COc1ccc(C2=NOC(=O)C(C)(C)C2)cc1. The Hall–Kier alpha value is -1.84. The third kappa shape index (κ3) is 2.30. The molecule has 0 spiro atoms. The van der Waals surface area contributed by atoms with E-state index in [1.54, 1.807) is 7.11 Å². The highest BCUT2D eigenvalue weighted by atomic mass is 16.7. The second kappa shape index (κ2) is 4.20. The van der Waals surface area contributed by atoms with Crippen LogP contribution in [-0.4, -0.2) is 18.8 Å². The van der Waals surface area contributed by atoms with E-state index in [0.29, 0.717) is 6.42 Å². The van der Waals surface area contributed by atoms with Crippen LogP contribution in [0.5, 0.6) is 5.75 Å². The van der Waals surface area contributed by atoms with Crippen LogP contribution < -0.4 is 4.74 Å². The minimum atomic E-state index is -0.517. The zero-order valence-corrected chi connectivity index (χ0v) is 10.2. The van der Waals surface area contributed by atoms with Crippen LogP contribution in [-0.2, 0) is 9.63 Å². The van der Waals surface area contributed by atoms with Crippen LogP contribution in [0.3, 0.4) is 0 Å². The zero-order valence-electron chi connectivity index (χ0n) is 10.2. The van der Waals surface area contributed by atoms with E-state index in [1.807, 2.05) is 38.1 Å². The Kier molecular flexibility index (Phi) is 2.88. The molecule has 0 N–H and O–H groups in total. The van der Waals surface area contributed by atoms with Gasteiger partial charge >= 0.3 is 5.97 Å². The standard InChI is InChI=1S/C13H15NO3/c1-13(2)8-11(14-17-12(13)15)9-4-6-10(16-3)7-5-9/h4-7H,8H2,1-3H3. The number of carbonyl (C=O) groups excluding carboxylic acids is 1. The summed E-state index contributed by atoms with van der Waals surface area (Å²) in [5, 5.41) is 3.86. The van der Waals surface area contributed by atoms with Gasteiger partial charge < -0.3 is 9.57 Å². The van der Waals surface area contributed by atoms with Crippen LogP contribution in [0, 0.1) is 5.41 Å². The first-order valence-corrected chi connectivity index (χ1v) is 5.46. The number of oxime groups is 1. The van der Waals surface area contributed by atoms with Crippen molar-refractivity contribution in [2.45, 2.75) is 20.3 Å². The van der Waals surface area contributed by atoms with E-state index >= 15 is 0 Å². The summed E-state index contributed by atoms with van der Waals surface area (Å²) in [5.41, 5.74) is 1.22. The number of hydrogen-bond acceptors (Lipinski definition) is 4. The van der Waals surface area contributed by atoms with Gasteiger partial charge in [-0.05, 0) is 43.7 Å². The van der Waals surface area contributed by atoms with E-state index < -0.39 is 5.41 Å². The Bertz CT molecular complexity index is 460. The fourth-order valence-electron chi connectivity index (χ4n) is 1.68. The monoisotopic (exact) mass is 233 g/mol. The van der Waals surface area contributed by atoms with Crippen molar-refractivity contribution in [3.05, 3.63) is 29.8 Å². The predicted octanol–water partition coefficient (Wildman–Crippen LogP) is 2.37. The number of hydrogen-bond donors (Lipinski definition) is 0. The van der Waals surface area contributed by atoms with Gasteiger partial charge in [0.05, 0.1) is 18.2 Å². The molecule has 17 heavy (non-hydrogen) atoms. The molecule has 1 aliphatic heterocycles. The summed E-state index contributed by atoms with van der Waals surface area (Å²) in [6, 6.07) is 7.54. The van der Waals surface area contributed by atoms with Crippen LogP contribution in [0.1, 0.15) is 25.8 Å².